The van der Waals surface area contributed by atoms with Gasteiger partial charge >= 0.3 is 0 Å². The van der Waals surface area contributed by atoms with E-state index >= 15 is 0 Å². The van der Waals surface area contributed by atoms with Crippen molar-refractivity contribution in [2.45, 2.75) is 18.3 Å². The van der Waals surface area contributed by atoms with E-state index in [4.69, 9.17) is 16.3 Å². The molecule has 0 radical (unpaired) electrons. The molecule has 4 heteroatoms. The van der Waals surface area contributed by atoms with Crippen LogP contribution < -0.4 is 4.74 Å². The third-order valence-electron chi connectivity index (χ3n) is 2.60. The van der Waals surface area contributed by atoms with Crippen molar-refractivity contribution < 1.29 is 9.84 Å². The van der Waals surface area contributed by atoms with Crippen LogP contribution in [0.15, 0.2) is 12.1 Å². The van der Waals surface area contributed by atoms with Crippen LogP contribution in [0.2, 0.25) is 5.02 Å². The van der Waals surface area contributed by atoms with Crippen LogP contribution in [0.3, 0.4) is 0 Å². The second kappa shape index (κ2) is 4.64. The Morgan fingerprint density at radius 3 is 3.07 bits per heavy atom. The number of benzene rings is 1. The van der Waals surface area contributed by atoms with Gasteiger partial charge in [0.1, 0.15) is 5.75 Å². The molecule has 0 fully saturated rings. The van der Waals surface area contributed by atoms with Crippen molar-refractivity contribution in [2.75, 3.05) is 12.9 Å². The summed E-state index contributed by atoms with van der Waals surface area (Å²) in [6.45, 7) is 0. The van der Waals surface area contributed by atoms with E-state index in [9.17, 15) is 5.11 Å². The highest BCUT2D eigenvalue weighted by Crippen LogP contribution is 2.39. The molecule has 0 spiro atoms. The molecule has 0 aromatic heterocycles. The molecule has 0 saturated heterocycles. The molecule has 1 heterocycles. The number of halogens is 1. The number of aliphatic hydroxyl groups is 1. The van der Waals surface area contributed by atoms with Crippen molar-refractivity contribution in [1.82, 2.24) is 0 Å². The molecule has 0 amide bonds. The van der Waals surface area contributed by atoms with Crippen LogP contribution >= 0.6 is 23.4 Å². The predicted molar refractivity (Wildman–Crippen MR) is 63.7 cm³/mol. The van der Waals surface area contributed by atoms with Gasteiger partial charge in [-0.05, 0) is 24.3 Å². The highest BCUT2D eigenvalue weighted by atomic mass is 35.5. The molecule has 82 valence electrons. The van der Waals surface area contributed by atoms with Crippen LogP contribution in [0.4, 0.5) is 0 Å². The molecule has 1 aromatic rings. The van der Waals surface area contributed by atoms with Crippen molar-refractivity contribution in [3.63, 3.8) is 0 Å². The summed E-state index contributed by atoms with van der Waals surface area (Å²) in [7, 11) is 1.64. The van der Waals surface area contributed by atoms with E-state index in [1.807, 2.05) is 6.07 Å². The zero-order valence-electron chi connectivity index (χ0n) is 8.50. The second-order valence-electron chi connectivity index (χ2n) is 3.50. The Labute approximate surface area is 98.6 Å². The number of fused-ring (bicyclic) bond motifs is 1. The molecule has 0 bridgehead atoms. The number of thioether (sulfide) groups is 1. The zero-order chi connectivity index (χ0) is 10.8. The number of aliphatic hydroxyl groups excluding tert-OH is 1. The smallest absolute Gasteiger partial charge is 0.123 e. The van der Waals surface area contributed by atoms with E-state index in [0.717, 1.165) is 34.8 Å². The maximum atomic E-state index is 9.99. The quantitative estimate of drug-likeness (QED) is 0.824. The monoisotopic (exact) mass is 244 g/mol. The summed E-state index contributed by atoms with van der Waals surface area (Å²) in [4.78, 5) is 0. The lowest BCUT2D eigenvalue weighted by Crippen LogP contribution is -2.02. The van der Waals surface area contributed by atoms with Crippen LogP contribution in [0, 0.1) is 0 Å². The molecule has 2 rings (SSSR count). The van der Waals surface area contributed by atoms with E-state index < -0.39 is 6.10 Å². The molecular weight excluding hydrogens is 232 g/mol. The first kappa shape index (κ1) is 11.1. The Morgan fingerprint density at radius 1 is 1.53 bits per heavy atom. The minimum Gasteiger partial charge on any atom is -0.496 e. The van der Waals surface area contributed by atoms with Gasteiger partial charge in [0.05, 0.1) is 13.2 Å². The summed E-state index contributed by atoms with van der Waals surface area (Å²) in [5.74, 6) is 2.63. The second-order valence-corrected chi connectivity index (χ2v) is 5.01. The van der Waals surface area contributed by atoms with Gasteiger partial charge in [-0.1, -0.05) is 11.6 Å². The first-order valence-corrected chi connectivity index (χ1v) is 6.38. The molecule has 2 nitrogen and oxygen atoms in total. The first-order chi connectivity index (χ1) is 7.24. The summed E-state index contributed by atoms with van der Waals surface area (Å²) in [5.41, 5.74) is 1.89. The number of rotatable bonds is 1. The molecule has 1 N–H and O–H groups in total. The van der Waals surface area contributed by atoms with E-state index in [-0.39, 0.29) is 0 Å². The Kier molecular flexibility index (Phi) is 3.44. The third kappa shape index (κ3) is 2.10. The van der Waals surface area contributed by atoms with Gasteiger partial charge in [0.25, 0.3) is 0 Å². The SMILES string of the molecule is COc1ccc(Cl)c2c1CSCC[C@@H]2O. The average molecular weight is 245 g/mol. The van der Waals surface area contributed by atoms with Crippen LogP contribution in [-0.2, 0) is 5.75 Å². The van der Waals surface area contributed by atoms with Gasteiger partial charge in [0, 0.05) is 21.9 Å². The van der Waals surface area contributed by atoms with Gasteiger partial charge in [-0.25, -0.2) is 0 Å². The summed E-state index contributed by atoms with van der Waals surface area (Å²) in [6, 6.07) is 3.65. The van der Waals surface area contributed by atoms with E-state index in [0.29, 0.717) is 5.02 Å². The molecular formula is C11H13ClO2S. The molecule has 1 aliphatic rings. The number of methoxy groups -OCH3 is 1. The number of ether oxygens (including phenoxy) is 1. The van der Waals surface area contributed by atoms with Gasteiger partial charge in [0.2, 0.25) is 0 Å². The summed E-state index contributed by atoms with van der Waals surface area (Å²) >= 11 is 7.92. The third-order valence-corrected chi connectivity index (χ3v) is 3.94. The zero-order valence-corrected chi connectivity index (χ0v) is 10.1. The normalized spacial score (nSPS) is 20.6. The lowest BCUT2D eigenvalue weighted by Gasteiger charge is -2.15. The highest BCUT2D eigenvalue weighted by Gasteiger charge is 2.22. The molecule has 15 heavy (non-hydrogen) atoms. The van der Waals surface area contributed by atoms with Crippen LogP contribution in [0.25, 0.3) is 0 Å². The van der Waals surface area contributed by atoms with Gasteiger partial charge in [-0.15, -0.1) is 0 Å². The van der Waals surface area contributed by atoms with Crippen molar-refractivity contribution in [1.29, 1.82) is 0 Å². The van der Waals surface area contributed by atoms with Crippen molar-refractivity contribution >= 4 is 23.4 Å². The van der Waals surface area contributed by atoms with E-state index in [1.165, 1.54) is 0 Å². The maximum Gasteiger partial charge on any atom is 0.123 e. The van der Waals surface area contributed by atoms with Crippen LogP contribution in [0.5, 0.6) is 5.75 Å². The highest BCUT2D eigenvalue weighted by molar-refractivity contribution is 7.98. The molecule has 1 aromatic carbocycles. The first-order valence-electron chi connectivity index (χ1n) is 4.85. The topological polar surface area (TPSA) is 29.5 Å². The standard InChI is InChI=1S/C11H13ClO2S/c1-14-10-3-2-8(12)11-7(10)6-15-5-4-9(11)13/h2-3,9,13H,4-6H2,1H3/t9-/m0/s1. The summed E-state index contributed by atoms with van der Waals surface area (Å²) in [5, 5.41) is 10.6. The minimum atomic E-state index is -0.461. The van der Waals surface area contributed by atoms with Crippen LogP contribution in [0.1, 0.15) is 23.7 Å². The molecule has 1 atom stereocenters. The van der Waals surface area contributed by atoms with Crippen molar-refractivity contribution in [3.8, 4) is 5.75 Å². The fraction of sp³-hybridized carbons (Fsp3) is 0.455. The largest absolute Gasteiger partial charge is 0.496 e. The lowest BCUT2D eigenvalue weighted by molar-refractivity contribution is 0.174. The Morgan fingerprint density at radius 2 is 2.33 bits per heavy atom. The fourth-order valence-corrected chi connectivity index (χ4v) is 3.17. The molecule has 1 aliphatic heterocycles. The molecule has 0 unspecified atom stereocenters. The maximum absolute atomic E-state index is 9.99. The van der Waals surface area contributed by atoms with Gasteiger partial charge in [-0.3, -0.25) is 0 Å². The van der Waals surface area contributed by atoms with Gasteiger partial charge < -0.3 is 9.84 Å². The fourth-order valence-electron chi connectivity index (χ4n) is 1.83. The Hall–Kier alpha value is -0.380. The Balaban J connectivity index is 2.55. The van der Waals surface area contributed by atoms with Gasteiger partial charge in [-0.2, -0.15) is 11.8 Å². The van der Waals surface area contributed by atoms with Gasteiger partial charge in [0.15, 0.2) is 0 Å². The van der Waals surface area contributed by atoms with E-state index in [2.05, 4.69) is 0 Å². The predicted octanol–water partition coefficient (Wildman–Crippen LogP) is 3.02. The average Bonchev–Trinajstić information content (AvgIpc) is 2.42. The molecule has 0 aliphatic carbocycles. The minimum absolute atomic E-state index is 0.461. The van der Waals surface area contributed by atoms with Crippen molar-refractivity contribution in [2.24, 2.45) is 0 Å². The lowest BCUT2D eigenvalue weighted by atomic mass is 10.0. The summed E-state index contributed by atoms with van der Waals surface area (Å²) in [6.07, 6.45) is 0.294. The van der Waals surface area contributed by atoms with Crippen LogP contribution in [-0.4, -0.2) is 18.0 Å². The molecule has 0 saturated carbocycles. The Bertz CT molecular complexity index is 368. The number of hydrogen-bond donors (Lipinski definition) is 1. The number of hydrogen-bond acceptors (Lipinski definition) is 3. The van der Waals surface area contributed by atoms with E-state index in [1.54, 1.807) is 24.9 Å². The van der Waals surface area contributed by atoms with Crippen molar-refractivity contribution in [3.05, 3.63) is 28.3 Å². The summed E-state index contributed by atoms with van der Waals surface area (Å²) < 4.78 is 5.29.